The second-order valence-electron chi connectivity index (χ2n) is 4.87. The molecule has 21 heavy (non-hydrogen) atoms. The summed E-state index contributed by atoms with van der Waals surface area (Å²) >= 11 is 0. The molecule has 5 heteroatoms. The Labute approximate surface area is 123 Å². The fourth-order valence-corrected chi connectivity index (χ4v) is 2.30. The number of imidazole rings is 1. The molecule has 0 bridgehead atoms. The summed E-state index contributed by atoms with van der Waals surface area (Å²) < 4.78 is 7.41. The fraction of sp³-hybridized carbons (Fsp3) is 0.250. The van der Waals surface area contributed by atoms with E-state index >= 15 is 0 Å². The van der Waals surface area contributed by atoms with Crippen LogP contribution in [-0.4, -0.2) is 14.5 Å². The monoisotopic (exact) mass is 282 g/mol. The predicted octanol–water partition coefficient (Wildman–Crippen LogP) is 3.73. The number of aromatic nitrogens is 3. The molecule has 3 heterocycles. The maximum absolute atomic E-state index is 5.46. The Balaban J connectivity index is 1.77. The molecule has 1 atom stereocenters. The molecule has 3 aromatic rings. The molecule has 0 fully saturated rings. The van der Waals surface area contributed by atoms with Crippen LogP contribution in [0.3, 0.4) is 0 Å². The van der Waals surface area contributed by atoms with Gasteiger partial charge in [0.2, 0.25) is 0 Å². The smallest absolute Gasteiger partial charge is 0.138 e. The predicted molar refractivity (Wildman–Crippen MR) is 81.5 cm³/mol. The molecule has 0 saturated heterocycles. The highest BCUT2D eigenvalue weighted by atomic mass is 16.3. The normalized spacial score (nSPS) is 12.3. The molecule has 0 saturated carbocycles. The molecule has 3 aromatic heterocycles. The van der Waals surface area contributed by atoms with Crippen molar-refractivity contribution in [3.63, 3.8) is 0 Å². The molecule has 0 aliphatic carbocycles. The van der Waals surface area contributed by atoms with Crippen molar-refractivity contribution in [1.29, 1.82) is 0 Å². The number of furan rings is 1. The Kier molecular flexibility index (Phi) is 3.73. The first-order valence-corrected chi connectivity index (χ1v) is 7.04. The summed E-state index contributed by atoms with van der Waals surface area (Å²) in [4.78, 5) is 8.69. The van der Waals surface area contributed by atoms with Gasteiger partial charge in [-0.2, -0.15) is 0 Å². The van der Waals surface area contributed by atoms with E-state index in [2.05, 4.69) is 22.2 Å². The third-order valence-electron chi connectivity index (χ3n) is 3.46. The van der Waals surface area contributed by atoms with Crippen molar-refractivity contribution < 1.29 is 4.42 Å². The number of hydrogen-bond acceptors (Lipinski definition) is 4. The van der Waals surface area contributed by atoms with Crippen LogP contribution in [0, 0.1) is 6.92 Å². The summed E-state index contributed by atoms with van der Waals surface area (Å²) in [6, 6.07) is 8.04. The van der Waals surface area contributed by atoms with Gasteiger partial charge in [-0.3, -0.25) is 4.57 Å². The average Bonchev–Trinajstić information content (AvgIpc) is 3.17. The lowest BCUT2D eigenvalue weighted by Gasteiger charge is -2.16. The molecule has 0 radical (unpaired) electrons. The van der Waals surface area contributed by atoms with Crippen molar-refractivity contribution in [3.8, 4) is 5.82 Å². The van der Waals surface area contributed by atoms with Gasteiger partial charge in [-0.25, -0.2) is 9.97 Å². The molecule has 0 amide bonds. The number of hydrogen-bond donors (Lipinski definition) is 1. The van der Waals surface area contributed by atoms with Gasteiger partial charge in [0.25, 0.3) is 0 Å². The SMILES string of the molecule is CCC(Nc1ccc(-n2ccnc2C)nc1)c1ccco1. The Morgan fingerprint density at radius 1 is 1.29 bits per heavy atom. The molecule has 0 aliphatic heterocycles. The van der Waals surface area contributed by atoms with E-state index in [1.165, 1.54) is 0 Å². The zero-order chi connectivity index (χ0) is 14.7. The van der Waals surface area contributed by atoms with Gasteiger partial charge in [0.15, 0.2) is 0 Å². The van der Waals surface area contributed by atoms with Gasteiger partial charge in [0.1, 0.15) is 17.4 Å². The molecule has 0 aliphatic rings. The van der Waals surface area contributed by atoms with Gasteiger partial charge in [-0.1, -0.05) is 6.92 Å². The largest absolute Gasteiger partial charge is 0.467 e. The Morgan fingerprint density at radius 3 is 2.76 bits per heavy atom. The average molecular weight is 282 g/mol. The molecule has 0 aromatic carbocycles. The lowest BCUT2D eigenvalue weighted by molar-refractivity contribution is 0.474. The molecular weight excluding hydrogens is 264 g/mol. The zero-order valence-corrected chi connectivity index (χ0v) is 12.2. The van der Waals surface area contributed by atoms with Crippen LogP contribution in [0.4, 0.5) is 5.69 Å². The lowest BCUT2D eigenvalue weighted by Crippen LogP contribution is -2.09. The Hall–Kier alpha value is -2.56. The van der Waals surface area contributed by atoms with Crippen LogP contribution in [0.25, 0.3) is 5.82 Å². The van der Waals surface area contributed by atoms with Crippen LogP contribution in [0.5, 0.6) is 0 Å². The molecule has 3 rings (SSSR count). The summed E-state index contributed by atoms with van der Waals surface area (Å²) in [6.07, 6.45) is 8.15. The van der Waals surface area contributed by atoms with Crippen LogP contribution < -0.4 is 5.32 Å². The third kappa shape index (κ3) is 2.81. The third-order valence-corrected chi connectivity index (χ3v) is 3.46. The van der Waals surface area contributed by atoms with Gasteiger partial charge >= 0.3 is 0 Å². The Bertz CT molecular complexity index is 685. The first-order chi connectivity index (χ1) is 10.3. The Morgan fingerprint density at radius 2 is 2.19 bits per heavy atom. The number of anilines is 1. The van der Waals surface area contributed by atoms with Gasteiger partial charge in [-0.05, 0) is 37.6 Å². The standard InChI is InChI=1S/C16H18N4O/c1-3-14(15-5-4-10-21-15)19-13-6-7-16(18-11-13)20-9-8-17-12(20)2/h4-11,14,19H,3H2,1-2H3. The minimum absolute atomic E-state index is 0.155. The van der Waals surface area contributed by atoms with E-state index < -0.39 is 0 Å². The van der Waals surface area contributed by atoms with E-state index in [9.17, 15) is 0 Å². The van der Waals surface area contributed by atoms with Gasteiger partial charge < -0.3 is 9.73 Å². The van der Waals surface area contributed by atoms with Gasteiger partial charge in [0.05, 0.1) is 24.2 Å². The molecule has 5 nitrogen and oxygen atoms in total. The van der Waals surface area contributed by atoms with E-state index in [1.807, 2.05) is 48.1 Å². The lowest BCUT2D eigenvalue weighted by atomic mass is 10.1. The van der Waals surface area contributed by atoms with Crippen molar-refractivity contribution >= 4 is 5.69 Å². The highest BCUT2D eigenvalue weighted by molar-refractivity contribution is 5.45. The fourth-order valence-electron chi connectivity index (χ4n) is 2.30. The van der Waals surface area contributed by atoms with Crippen molar-refractivity contribution in [2.24, 2.45) is 0 Å². The molecule has 1 unspecified atom stereocenters. The van der Waals surface area contributed by atoms with E-state index in [4.69, 9.17) is 4.42 Å². The van der Waals surface area contributed by atoms with E-state index in [0.717, 1.165) is 29.5 Å². The van der Waals surface area contributed by atoms with Crippen LogP contribution in [0.15, 0.2) is 53.5 Å². The first kappa shape index (κ1) is 13.4. The van der Waals surface area contributed by atoms with Crippen molar-refractivity contribution in [1.82, 2.24) is 14.5 Å². The number of aryl methyl sites for hydroxylation is 1. The second-order valence-corrected chi connectivity index (χ2v) is 4.87. The number of nitrogens with one attached hydrogen (secondary N) is 1. The molecule has 0 spiro atoms. The second kappa shape index (κ2) is 5.83. The molecular formula is C16H18N4O. The van der Waals surface area contributed by atoms with Crippen LogP contribution in [-0.2, 0) is 0 Å². The number of pyridine rings is 1. The van der Waals surface area contributed by atoms with Gasteiger partial charge in [-0.15, -0.1) is 0 Å². The number of nitrogens with zero attached hydrogens (tertiary/aromatic N) is 3. The molecule has 108 valence electrons. The highest BCUT2D eigenvalue weighted by Crippen LogP contribution is 2.22. The minimum Gasteiger partial charge on any atom is -0.467 e. The van der Waals surface area contributed by atoms with E-state index in [0.29, 0.717) is 0 Å². The summed E-state index contributed by atoms with van der Waals surface area (Å²) in [5, 5.41) is 3.44. The van der Waals surface area contributed by atoms with Crippen LogP contribution in [0.2, 0.25) is 0 Å². The number of rotatable bonds is 5. The summed E-state index contributed by atoms with van der Waals surface area (Å²) in [5.74, 6) is 2.72. The van der Waals surface area contributed by atoms with Crippen LogP contribution in [0.1, 0.15) is 31.0 Å². The summed E-state index contributed by atoms with van der Waals surface area (Å²) in [6.45, 7) is 4.08. The summed E-state index contributed by atoms with van der Waals surface area (Å²) in [5.41, 5.74) is 0.972. The van der Waals surface area contributed by atoms with E-state index in [-0.39, 0.29) is 6.04 Å². The maximum Gasteiger partial charge on any atom is 0.138 e. The van der Waals surface area contributed by atoms with Gasteiger partial charge in [0, 0.05) is 12.4 Å². The van der Waals surface area contributed by atoms with Crippen molar-refractivity contribution in [2.75, 3.05) is 5.32 Å². The van der Waals surface area contributed by atoms with Crippen molar-refractivity contribution in [2.45, 2.75) is 26.3 Å². The maximum atomic E-state index is 5.46. The molecule has 1 N–H and O–H groups in total. The summed E-state index contributed by atoms with van der Waals surface area (Å²) in [7, 11) is 0. The van der Waals surface area contributed by atoms with Crippen LogP contribution >= 0.6 is 0 Å². The topological polar surface area (TPSA) is 55.9 Å². The minimum atomic E-state index is 0.155. The quantitative estimate of drug-likeness (QED) is 0.774. The first-order valence-electron chi connectivity index (χ1n) is 7.04. The van der Waals surface area contributed by atoms with Crippen molar-refractivity contribution in [3.05, 3.63) is 60.7 Å². The highest BCUT2D eigenvalue weighted by Gasteiger charge is 2.12. The zero-order valence-electron chi connectivity index (χ0n) is 12.2. The van der Waals surface area contributed by atoms with E-state index in [1.54, 1.807) is 12.5 Å².